The van der Waals surface area contributed by atoms with Crippen LogP contribution in [0.15, 0.2) is 29.2 Å². The average molecular weight is 350 g/mol. The summed E-state index contributed by atoms with van der Waals surface area (Å²) in [7, 11) is 0. The van der Waals surface area contributed by atoms with E-state index in [0.29, 0.717) is 17.0 Å². The molecule has 1 aromatic carbocycles. The summed E-state index contributed by atoms with van der Waals surface area (Å²) in [6, 6.07) is 7.03. The summed E-state index contributed by atoms with van der Waals surface area (Å²) < 4.78 is 0. The summed E-state index contributed by atoms with van der Waals surface area (Å²) >= 11 is 1.33. The Morgan fingerprint density at radius 1 is 1.21 bits per heavy atom. The van der Waals surface area contributed by atoms with E-state index in [1.54, 1.807) is 25.1 Å². The lowest BCUT2D eigenvalue weighted by Crippen LogP contribution is -2.35. The van der Waals surface area contributed by atoms with Crippen LogP contribution in [0.1, 0.15) is 30.1 Å². The lowest BCUT2D eigenvalue weighted by Gasteiger charge is -2.20. The van der Waals surface area contributed by atoms with Gasteiger partial charge in [-0.1, -0.05) is 12.1 Å². The van der Waals surface area contributed by atoms with Gasteiger partial charge >= 0.3 is 5.97 Å². The van der Waals surface area contributed by atoms with Gasteiger partial charge in [-0.2, -0.15) is 0 Å². The summed E-state index contributed by atoms with van der Waals surface area (Å²) in [4.78, 5) is 39.5. The van der Waals surface area contributed by atoms with Crippen LogP contribution < -0.4 is 0 Å². The van der Waals surface area contributed by atoms with Crippen LogP contribution in [0.25, 0.3) is 0 Å². The normalized spacial score (nSPS) is 13.8. The van der Waals surface area contributed by atoms with Crippen molar-refractivity contribution in [2.75, 3.05) is 31.9 Å². The lowest BCUT2D eigenvalue weighted by atomic mass is 10.2. The molecule has 0 unspecified atom stereocenters. The molecule has 7 heteroatoms. The Hall–Kier alpha value is -2.02. The van der Waals surface area contributed by atoms with Gasteiger partial charge in [-0.05, 0) is 31.9 Å². The zero-order chi connectivity index (χ0) is 17.5. The highest BCUT2D eigenvalue weighted by Gasteiger charge is 2.22. The summed E-state index contributed by atoms with van der Waals surface area (Å²) in [6.07, 6.45) is 2.10. The molecule has 1 aliphatic rings. The summed E-state index contributed by atoms with van der Waals surface area (Å²) in [5, 5.41) is 8.93. The average Bonchev–Trinajstić information content (AvgIpc) is 3.11. The minimum absolute atomic E-state index is 0.0811. The number of carboxylic acid groups (broad SMARTS) is 1. The van der Waals surface area contributed by atoms with Crippen LogP contribution >= 0.6 is 11.8 Å². The molecule has 1 saturated heterocycles. The van der Waals surface area contributed by atoms with Gasteiger partial charge in [0.05, 0.1) is 11.3 Å². The number of carboxylic acids is 1. The van der Waals surface area contributed by atoms with Crippen molar-refractivity contribution < 1.29 is 19.5 Å². The van der Waals surface area contributed by atoms with Crippen LogP contribution in [0.5, 0.6) is 0 Å². The molecule has 1 heterocycles. The Balaban J connectivity index is 2.07. The second kappa shape index (κ2) is 8.73. The molecule has 2 amide bonds. The first-order valence-electron chi connectivity index (χ1n) is 8.03. The minimum atomic E-state index is -1.04. The zero-order valence-corrected chi connectivity index (χ0v) is 14.6. The van der Waals surface area contributed by atoms with Gasteiger partial charge in [-0.15, -0.1) is 11.8 Å². The van der Waals surface area contributed by atoms with Crippen molar-refractivity contribution in [1.82, 2.24) is 9.80 Å². The van der Waals surface area contributed by atoms with Crippen LogP contribution in [0, 0.1) is 0 Å². The highest BCUT2D eigenvalue weighted by Crippen LogP contribution is 2.25. The summed E-state index contributed by atoms with van der Waals surface area (Å²) in [5.74, 6) is -0.996. The van der Waals surface area contributed by atoms with Crippen molar-refractivity contribution in [2.24, 2.45) is 0 Å². The van der Waals surface area contributed by atoms with E-state index in [0.717, 1.165) is 25.9 Å². The van der Waals surface area contributed by atoms with E-state index >= 15 is 0 Å². The highest BCUT2D eigenvalue weighted by molar-refractivity contribution is 8.00. The minimum Gasteiger partial charge on any atom is -0.480 e. The Bertz CT molecular complexity index is 614. The molecule has 0 atom stereocenters. The fourth-order valence-corrected chi connectivity index (χ4v) is 3.57. The molecule has 1 aromatic rings. The number of likely N-dealkylation sites (tertiary alicyclic amines) is 1. The second-order valence-corrected chi connectivity index (χ2v) is 6.60. The van der Waals surface area contributed by atoms with Crippen LogP contribution in [-0.4, -0.2) is 64.6 Å². The molecular formula is C17H22N2O4S. The summed E-state index contributed by atoms with van der Waals surface area (Å²) in [6.45, 7) is 3.34. The highest BCUT2D eigenvalue weighted by atomic mass is 32.2. The first-order chi connectivity index (χ1) is 11.5. The molecule has 1 fully saturated rings. The fraction of sp³-hybridized carbons (Fsp3) is 0.471. The van der Waals surface area contributed by atoms with Gasteiger partial charge in [0.1, 0.15) is 6.54 Å². The maximum Gasteiger partial charge on any atom is 0.323 e. The third-order valence-electron chi connectivity index (χ3n) is 3.92. The van der Waals surface area contributed by atoms with Gasteiger partial charge in [0.2, 0.25) is 5.91 Å². The van der Waals surface area contributed by atoms with Crippen molar-refractivity contribution in [2.45, 2.75) is 24.7 Å². The van der Waals surface area contributed by atoms with Crippen molar-refractivity contribution >= 4 is 29.5 Å². The largest absolute Gasteiger partial charge is 0.480 e. The summed E-state index contributed by atoms with van der Waals surface area (Å²) in [5.41, 5.74) is 0.444. The molecule has 6 nitrogen and oxygen atoms in total. The Kier molecular flexibility index (Phi) is 6.66. The predicted octanol–water partition coefficient (Wildman–Crippen LogP) is 1.95. The third-order valence-corrected chi connectivity index (χ3v) is 4.98. The van der Waals surface area contributed by atoms with Gasteiger partial charge in [0.25, 0.3) is 5.91 Å². The van der Waals surface area contributed by atoms with Gasteiger partial charge in [-0.3, -0.25) is 14.4 Å². The van der Waals surface area contributed by atoms with Crippen LogP contribution in [0.2, 0.25) is 0 Å². The van der Waals surface area contributed by atoms with Gasteiger partial charge in [0, 0.05) is 24.5 Å². The first-order valence-corrected chi connectivity index (χ1v) is 9.02. The number of benzene rings is 1. The molecule has 2 rings (SSSR count). The number of aliphatic carboxylic acids is 1. The number of carbonyl (C=O) groups excluding carboxylic acids is 2. The number of likely N-dealkylation sites (N-methyl/N-ethyl adjacent to an activating group) is 1. The van der Waals surface area contributed by atoms with Crippen molar-refractivity contribution in [3.8, 4) is 0 Å². The standard InChI is InChI=1S/C17H22N2O4S/c1-2-18(11-16(21)22)17(23)13-7-3-4-8-14(13)24-12-15(20)19-9-5-6-10-19/h3-4,7-8H,2,5-6,9-12H2,1H3,(H,21,22). The number of hydrogen-bond donors (Lipinski definition) is 1. The zero-order valence-electron chi connectivity index (χ0n) is 13.7. The number of thioether (sulfide) groups is 1. The van der Waals surface area contributed by atoms with E-state index in [1.165, 1.54) is 16.7 Å². The number of rotatable bonds is 7. The number of hydrogen-bond acceptors (Lipinski definition) is 4. The van der Waals surface area contributed by atoms with Gasteiger partial charge in [0.15, 0.2) is 0 Å². The molecule has 130 valence electrons. The Morgan fingerprint density at radius 2 is 1.88 bits per heavy atom. The fourth-order valence-electron chi connectivity index (χ4n) is 2.63. The third kappa shape index (κ3) is 4.74. The smallest absolute Gasteiger partial charge is 0.323 e. The van der Waals surface area contributed by atoms with E-state index in [-0.39, 0.29) is 24.1 Å². The SMILES string of the molecule is CCN(CC(=O)O)C(=O)c1ccccc1SCC(=O)N1CCCC1. The van der Waals surface area contributed by atoms with Crippen molar-refractivity contribution in [3.63, 3.8) is 0 Å². The van der Waals surface area contributed by atoms with E-state index in [2.05, 4.69) is 0 Å². The van der Waals surface area contributed by atoms with E-state index in [4.69, 9.17) is 5.11 Å². The van der Waals surface area contributed by atoms with E-state index < -0.39 is 5.97 Å². The van der Waals surface area contributed by atoms with E-state index in [1.807, 2.05) is 11.0 Å². The predicted molar refractivity (Wildman–Crippen MR) is 92.2 cm³/mol. The molecule has 0 saturated carbocycles. The quantitative estimate of drug-likeness (QED) is 0.761. The molecule has 0 aromatic heterocycles. The maximum absolute atomic E-state index is 12.6. The van der Waals surface area contributed by atoms with Crippen molar-refractivity contribution in [1.29, 1.82) is 0 Å². The molecule has 0 aliphatic carbocycles. The number of nitrogens with zero attached hydrogens (tertiary/aromatic N) is 2. The second-order valence-electron chi connectivity index (χ2n) is 5.59. The number of amides is 2. The van der Waals surface area contributed by atoms with Crippen LogP contribution in [0.3, 0.4) is 0 Å². The Morgan fingerprint density at radius 3 is 2.50 bits per heavy atom. The van der Waals surface area contributed by atoms with Gasteiger partial charge < -0.3 is 14.9 Å². The Labute approximate surface area is 145 Å². The van der Waals surface area contributed by atoms with Crippen molar-refractivity contribution in [3.05, 3.63) is 29.8 Å². The molecule has 0 radical (unpaired) electrons. The first kappa shape index (κ1) is 18.3. The maximum atomic E-state index is 12.6. The lowest BCUT2D eigenvalue weighted by molar-refractivity contribution is -0.137. The number of carbonyl (C=O) groups is 3. The molecule has 0 bridgehead atoms. The van der Waals surface area contributed by atoms with Crippen LogP contribution in [0.4, 0.5) is 0 Å². The molecular weight excluding hydrogens is 328 g/mol. The molecule has 24 heavy (non-hydrogen) atoms. The molecule has 0 spiro atoms. The van der Waals surface area contributed by atoms with Crippen LogP contribution in [-0.2, 0) is 9.59 Å². The molecule has 1 aliphatic heterocycles. The molecule has 1 N–H and O–H groups in total. The van der Waals surface area contributed by atoms with E-state index in [9.17, 15) is 14.4 Å². The monoisotopic (exact) mass is 350 g/mol. The topological polar surface area (TPSA) is 77.9 Å². The van der Waals surface area contributed by atoms with Gasteiger partial charge in [-0.25, -0.2) is 0 Å².